The maximum atomic E-state index is 12.5. The molecule has 2 aromatic carbocycles. The van der Waals surface area contributed by atoms with Gasteiger partial charge < -0.3 is 10.4 Å². The summed E-state index contributed by atoms with van der Waals surface area (Å²) in [7, 11) is 0. The Morgan fingerprint density at radius 3 is 2.40 bits per heavy atom. The van der Waals surface area contributed by atoms with Gasteiger partial charge in [-0.2, -0.15) is 5.10 Å². The highest BCUT2D eigenvalue weighted by Gasteiger charge is 2.21. The van der Waals surface area contributed by atoms with Crippen molar-refractivity contribution in [3.8, 4) is 5.69 Å². The number of rotatable bonds is 5. The first-order valence-corrected chi connectivity index (χ1v) is 9.75. The number of carbonyl (C=O) groups excluding carboxylic acids is 1. The molecular formula is C22H23ClN4O3. The van der Waals surface area contributed by atoms with Gasteiger partial charge in [-0.15, -0.1) is 0 Å². The monoisotopic (exact) mass is 426 g/mol. The van der Waals surface area contributed by atoms with E-state index >= 15 is 0 Å². The number of urea groups is 1. The molecule has 0 saturated heterocycles. The molecule has 1 heterocycles. The predicted molar refractivity (Wildman–Crippen MR) is 118 cm³/mol. The fourth-order valence-corrected chi connectivity index (χ4v) is 2.94. The summed E-state index contributed by atoms with van der Waals surface area (Å²) in [6.07, 6.45) is -0.0962. The molecule has 0 radical (unpaired) electrons. The third kappa shape index (κ3) is 5.39. The van der Waals surface area contributed by atoms with E-state index in [2.05, 4.69) is 15.7 Å². The van der Waals surface area contributed by atoms with Crippen molar-refractivity contribution in [3.05, 3.63) is 70.9 Å². The van der Waals surface area contributed by atoms with E-state index in [9.17, 15) is 9.59 Å². The van der Waals surface area contributed by atoms with Gasteiger partial charge in [0.2, 0.25) is 0 Å². The smallest absolute Gasteiger partial charge is 0.324 e. The number of anilines is 2. The minimum absolute atomic E-state index is 0.0962. The normalized spacial score (nSPS) is 11.2. The molecule has 0 aliphatic heterocycles. The zero-order valence-electron chi connectivity index (χ0n) is 16.9. The SMILES string of the molecule is CC(C)(C)c1cc(NC(=O)Nc2ccc(Cl)cc2)n(-c2cccc(CC(=O)O)c2)n1. The van der Waals surface area contributed by atoms with Crippen LogP contribution in [0, 0.1) is 0 Å². The first kappa shape index (κ1) is 21.4. The van der Waals surface area contributed by atoms with Crippen LogP contribution in [-0.2, 0) is 16.6 Å². The molecular weight excluding hydrogens is 404 g/mol. The number of hydrogen-bond donors (Lipinski definition) is 3. The van der Waals surface area contributed by atoms with E-state index in [0.717, 1.165) is 5.69 Å². The maximum Gasteiger partial charge on any atom is 0.324 e. The molecule has 0 aliphatic carbocycles. The maximum absolute atomic E-state index is 12.5. The summed E-state index contributed by atoms with van der Waals surface area (Å²) >= 11 is 5.88. The van der Waals surface area contributed by atoms with Gasteiger partial charge in [0.25, 0.3) is 0 Å². The van der Waals surface area contributed by atoms with Crippen molar-refractivity contribution >= 4 is 35.1 Å². The average molecular weight is 427 g/mol. The van der Waals surface area contributed by atoms with Crippen molar-refractivity contribution in [2.45, 2.75) is 32.6 Å². The number of aromatic nitrogens is 2. The molecule has 3 N–H and O–H groups in total. The molecule has 0 fully saturated rings. The number of nitrogens with one attached hydrogen (secondary N) is 2. The minimum Gasteiger partial charge on any atom is -0.481 e. The Kier molecular flexibility index (Phi) is 6.12. The van der Waals surface area contributed by atoms with Gasteiger partial charge in [0.05, 0.1) is 17.8 Å². The number of carbonyl (C=O) groups is 2. The Morgan fingerprint density at radius 1 is 1.07 bits per heavy atom. The molecule has 3 rings (SSSR count). The zero-order valence-corrected chi connectivity index (χ0v) is 17.7. The van der Waals surface area contributed by atoms with Crippen molar-refractivity contribution in [2.75, 3.05) is 10.6 Å². The molecule has 0 aliphatic rings. The fraction of sp³-hybridized carbons (Fsp3) is 0.227. The topological polar surface area (TPSA) is 96.2 Å². The highest BCUT2D eigenvalue weighted by atomic mass is 35.5. The summed E-state index contributed by atoms with van der Waals surface area (Å²) in [4.78, 5) is 23.6. The lowest BCUT2D eigenvalue weighted by Crippen LogP contribution is -2.21. The van der Waals surface area contributed by atoms with Gasteiger partial charge >= 0.3 is 12.0 Å². The molecule has 3 aromatic rings. The van der Waals surface area contributed by atoms with Crippen LogP contribution in [0.1, 0.15) is 32.0 Å². The van der Waals surface area contributed by atoms with E-state index < -0.39 is 12.0 Å². The highest BCUT2D eigenvalue weighted by molar-refractivity contribution is 6.30. The Balaban J connectivity index is 1.91. The van der Waals surface area contributed by atoms with E-state index in [1.165, 1.54) is 0 Å². The van der Waals surface area contributed by atoms with Crippen LogP contribution in [0.2, 0.25) is 5.02 Å². The predicted octanol–water partition coefficient (Wildman–Crippen LogP) is 5.09. The van der Waals surface area contributed by atoms with Crippen LogP contribution in [0.4, 0.5) is 16.3 Å². The molecule has 0 spiro atoms. The third-order valence-corrected chi connectivity index (χ3v) is 4.58. The van der Waals surface area contributed by atoms with E-state index in [4.69, 9.17) is 16.7 Å². The fourth-order valence-electron chi connectivity index (χ4n) is 2.82. The van der Waals surface area contributed by atoms with E-state index in [0.29, 0.717) is 27.8 Å². The van der Waals surface area contributed by atoms with Gasteiger partial charge in [0.15, 0.2) is 0 Å². The summed E-state index contributed by atoms with van der Waals surface area (Å²) in [5.74, 6) is -0.442. The van der Waals surface area contributed by atoms with E-state index in [1.54, 1.807) is 47.1 Å². The first-order valence-electron chi connectivity index (χ1n) is 9.37. The number of hydrogen-bond acceptors (Lipinski definition) is 3. The Hall–Kier alpha value is -3.32. The lowest BCUT2D eigenvalue weighted by Gasteiger charge is -2.14. The second kappa shape index (κ2) is 8.59. The standard InChI is InChI=1S/C22H23ClN4O3/c1-22(2,3)18-13-19(25-21(30)24-16-9-7-15(23)8-10-16)27(26-18)17-6-4-5-14(11-17)12-20(28)29/h4-11,13H,12H2,1-3H3,(H,28,29)(H2,24,25,30). The van der Waals surface area contributed by atoms with Crippen LogP contribution >= 0.6 is 11.6 Å². The van der Waals surface area contributed by atoms with Crippen LogP contribution < -0.4 is 10.6 Å². The van der Waals surface area contributed by atoms with Crippen LogP contribution in [0.5, 0.6) is 0 Å². The lowest BCUT2D eigenvalue weighted by molar-refractivity contribution is -0.136. The molecule has 30 heavy (non-hydrogen) atoms. The van der Waals surface area contributed by atoms with Crippen molar-refractivity contribution in [3.63, 3.8) is 0 Å². The second-order valence-corrected chi connectivity index (χ2v) is 8.34. The van der Waals surface area contributed by atoms with Gasteiger partial charge in [-0.25, -0.2) is 9.48 Å². The number of halogens is 1. The molecule has 7 nitrogen and oxygen atoms in total. The van der Waals surface area contributed by atoms with Gasteiger partial charge in [-0.3, -0.25) is 10.1 Å². The minimum atomic E-state index is -0.913. The highest BCUT2D eigenvalue weighted by Crippen LogP contribution is 2.27. The summed E-state index contributed by atoms with van der Waals surface area (Å²) < 4.78 is 1.60. The number of aliphatic carboxylic acids is 1. The number of amides is 2. The number of nitrogens with zero attached hydrogens (tertiary/aromatic N) is 2. The molecule has 0 atom stereocenters. The average Bonchev–Trinajstić information content (AvgIpc) is 3.07. The van der Waals surface area contributed by atoms with Crippen molar-refractivity contribution in [1.82, 2.24) is 9.78 Å². The number of carboxylic acids is 1. The van der Waals surface area contributed by atoms with Gasteiger partial charge in [-0.1, -0.05) is 44.5 Å². The van der Waals surface area contributed by atoms with Gasteiger partial charge in [-0.05, 0) is 42.0 Å². The van der Waals surface area contributed by atoms with Gasteiger partial charge in [0.1, 0.15) is 5.82 Å². The van der Waals surface area contributed by atoms with Crippen LogP contribution in [0.15, 0.2) is 54.6 Å². The zero-order chi connectivity index (χ0) is 21.9. The van der Waals surface area contributed by atoms with Gasteiger partial charge in [0, 0.05) is 22.2 Å². The first-order chi connectivity index (χ1) is 14.1. The number of benzene rings is 2. The van der Waals surface area contributed by atoms with Crippen molar-refractivity contribution < 1.29 is 14.7 Å². The van der Waals surface area contributed by atoms with Crippen LogP contribution in [0.25, 0.3) is 5.69 Å². The summed E-state index contributed by atoms with van der Waals surface area (Å²) in [6, 6.07) is 15.2. The molecule has 156 valence electrons. The van der Waals surface area contributed by atoms with Crippen molar-refractivity contribution in [2.24, 2.45) is 0 Å². The Labute approximate surface area is 179 Å². The summed E-state index contributed by atoms with van der Waals surface area (Å²) in [5.41, 5.74) is 2.44. The number of carboxylic acid groups (broad SMARTS) is 1. The van der Waals surface area contributed by atoms with Crippen LogP contribution in [0.3, 0.4) is 0 Å². The summed E-state index contributed by atoms with van der Waals surface area (Å²) in [6.45, 7) is 6.08. The molecule has 0 bridgehead atoms. The quantitative estimate of drug-likeness (QED) is 0.529. The lowest BCUT2D eigenvalue weighted by atomic mass is 9.92. The molecule has 1 aromatic heterocycles. The Morgan fingerprint density at radius 2 is 1.77 bits per heavy atom. The second-order valence-electron chi connectivity index (χ2n) is 7.90. The molecule has 0 unspecified atom stereocenters. The largest absolute Gasteiger partial charge is 0.481 e. The van der Waals surface area contributed by atoms with Crippen molar-refractivity contribution in [1.29, 1.82) is 0 Å². The van der Waals surface area contributed by atoms with E-state index in [1.807, 2.05) is 32.9 Å². The molecule has 8 heteroatoms. The molecule has 2 amide bonds. The summed E-state index contributed by atoms with van der Waals surface area (Å²) in [5, 5.41) is 19.9. The van der Waals surface area contributed by atoms with E-state index in [-0.39, 0.29) is 11.8 Å². The Bertz CT molecular complexity index is 1070. The van der Waals surface area contributed by atoms with Crippen LogP contribution in [-0.4, -0.2) is 26.9 Å². The third-order valence-electron chi connectivity index (χ3n) is 4.33. The molecule has 0 saturated carbocycles.